The second-order valence-electron chi connectivity index (χ2n) is 5.88. The third-order valence-electron chi connectivity index (χ3n) is 3.21. The Morgan fingerprint density at radius 2 is 1.90 bits per heavy atom. The molecule has 5 heteroatoms. The van der Waals surface area contributed by atoms with E-state index in [1.165, 1.54) is 0 Å². The molecular formula is C16H23NO4. The number of ether oxygens (including phenoxy) is 1. The Hall–Kier alpha value is -2.04. The van der Waals surface area contributed by atoms with Crippen molar-refractivity contribution in [1.29, 1.82) is 0 Å². The number of hydrogen-bond acceptors (Lipinski definition) is 3. The molecule has 0 aliphatic heterocycles. The SMILES string of the molecule is CC(C)CC(C)(CNC(=O)OCc1ccccc1)C(=O)O. The van der Waals surface area contributed by atoms with E-state index in [0.717, 1.165) is 5.56 Å². The predicted octanol–water partition coefficient (Wildman–Crippen LogP) is 3.05. The number of nitrogens with one attached hydrogen (secondary N) is 1. The highest BCUT2D eigenvalue weighted by Crippen LogP contribution is 2.25. The van der Waals surface area contributed by atoms with Crippen molar-refractivity contribution in [2.75, 3.05) is 6.54 Å². The van der Waals surface area contributed by atoms with Gasteiger partial charge in [0.2, 0.25) is 0 Å². The number of rotatable bonds is 7. The van der Waals surface area contributed by atoms with Gasteiger partial charge < -0.3 is 15.2 Å². The Labute approximate surface area is 125 Å². The fourth-order valence-corrected chi connectivity index (χ4v) is 2.18. The number of hydrogen-bond donors (Lipinski definition) is 2. The van der Waals surface area contributed by atoms with Crippen LogP contribution in [0.5, 0.6) is 0 Å². The molecule has 0 heterocycles. The Morgan fingerprint density at radius 3 is 2.43 bits per heavy atom. The van der Waals surface area contributed by atoms with Crippen molar-refractivity contribution in [3.63, 3.8) is 0 Å². The van der Waals surface area contributed by atoms with Gasteiger partial charge in [0, 0.05) is 6.54 Å². The summed E-state index contributed by atoms with van der Waals surface area (Å²) in [5, 5.41) is 11.8. The molecule has 2 N–H and O–H groups in total. The summed E-state index contributed by atoms with van der Waals surface area (Å²) in [4.78, 5) is 23.0. The van der Waals surface area contributed by atoms with Gasteiger partial charge in [-0.1, -0.05) is 44.2 Å². The van der Waals surface area contributed by atoms with E-state index in [1.807, 2.05) is 44.2 Å². The first-order valence-corrected chi connectivity index (χ1v) is 7.01. The van der Waals surface area contributed by atoms with E-state index in [0.29, 0.717) is 6.42 Å². The predicted molar refractivity (Wildman–Crippen MR) is 79.8 cm³/mol. The molecule has 1 amide bonds. The van der Waals surface area contributed by atoms with Crippen LogP contribution in [0.1, 0.15) is 32.8 Å². The summed E-state index contributed by atoms with van der Waals surface area (Å²) >= 11 is 0. The molecule has 0 saturated carbocycles. The third-order valence-corrected chi connectivity index (χ3v) is 3.21. The molecule has 0 aromatic heterocycles. The van der Waals surface area contributed by atoms with Crippen LogP contribution in [-0.4, -0.2) is 23.7 Å². The van der Waals surface area contributed by atoms with Crippen LogP contribution < -0.4 is 5.32 Å². The number of alkyl carbamates (subject to hydrolysis) is 1. The quantitative estimate of drug-likeness (QED) is 0.810. The fourth-order valence-electron chi connectivity index (χ4n) is 2.18. The topological polar surface area (TPSA) is 75.6 Å². The molecule has 1 atom stereocenters. The average molecular weight is 293 g/mol. The highest BCUT2D eigenvalue weighted by Gasteiger charge is 2.34. The van der Waals surface area contributed by atoms with Gasteiger partial charge in [-0.05, 0) is 24.8 Å². The van der Waals surface area contributed by atoms with Crippen LogP contribution in [0.2, 0.25) is 0 Å². The lowest BCUT2D eigenvalue weighted by Gasteiger charge is -2.26. The minimum atomic E-state index is -0.986. The van der Waals surface area contributed by atoms with Crippen molar-refractivity contribution in [2.45, 2.75) is 33.8 Å². The smallest absolute Gasteiger partial charge is 0.407 e. The van der Waals surface area contributed by atoms with Crippen molar-refractivity contribution in [3.05, 3.63) is 35.9 Å². The van der Waals surface area contributed by atoms with Gasteiger partial charge in [0.1, 0.15) is 6.61 Å². The van der Waals surface area contributed by atoms with Crippen molar-refractivity contribution < 1.29 is 19.4 Å². The Balaban J connectivity index is 2.45. The molecule has 0 radical (unpaired) electrons. The van der Waals surface area contributed by atoms with E-state index in [2.05, 4.69) is 5.32 Å². The van der Waals surface area contributed by atoms with Crippen LogP contribution in [0.3, 0.4) is 0 Å². The summed E-state index contributed by atoms with van der Waals surface area (Å²) in [6.07, 6.45) is -0.114. The first-order valence-electron chi connectivity index (χ1n) is 7.01. The number of carboxylic acids is 1. The Bertz CT molecular complexity index is 472. The Kier molecular flexibility index (Phi) is 6.21. The molecule has 1 aromatic carbocycles. The molecule has 0 aliphatic rings. The highest BCUT2D eigenvalue weighted by molar-refractivity contribution is 5.76. The molecule has 0 bridgehead atoms. The van der Waals surface area contributed by atoms with Crippen LogP contribution >= 0.6 is 0 Å². The summed E-state index contributed by atoms with van der Waals surface area (Å²) in [6.45, 7) is 5.76. The van der Waals surface area contributed by atoms with Crippen molar-refractivity contribution in [3.8, 4) is 0 Å². The second-order valence-corrected chi connectivity index (χ2v) is 5.88. The molecular weight excluding hydrogens is 270 g/mol. The molecule has 1 aromatic rings. The molecule has 0 spiro atoms. The number of amides is 1. The second kappa shape index (κ2) is 7.67. The van der Waals surface area contributed by atoms with Crippen molar-refractivity contribution in [2.24, 2.45) is 11.3 Å². The van der Waals surface area contributed by atoms with Crippen molar-refractivity contribution in [1.82, 2.24) is 5.32 Å². The van der Waals surface area contributed by atoms with E-state index in [1.54, 1.807) is 6.92 Å². The average Bonchev–Trinajstić information content (AvgIpc) is 2.43. The molecule has 1 unspecified atom stereocenters. The van der Waals surface area contributed by atoms with E-state index in [4.69, 9.17) is 4.74 Å². The van der Waals surface area contributed by atoms with Crippen molar-refractivity contribution >= 4 is 12.1 Å². The lowest BCUT2D eigenvalue weighted by molar-refractivity contribution is -0.148. The molecule has 0 fully saturated rings. The molecule has 21 heavy (non-hydrogen) atoms. The zero-order valence-corrected chi connectivity index (χ0v) is 12.8. The summed E-state index contributed by atoms with van der Waals surface area (Å²) < 4.78 is 5.07. The maximum Gasteiger partial charge on any atom is 0.407 e. The standard InChI is InChI=1S/C16H23NO4/c1-12(2)9-16(3,14(18)19)11-17-15(20)21-10-13-7-5-4-6-8-13/h4-8,12H,9-11H2,1-3H3,(H,17,20)(H,18,19). The third kappa shape index (κ3) is 5.85. The molecule has 1 rings (SSSR count). The zero-order chi connectivity index (χ0) is 15.9. The molecule has 116 valence electrons. The summed E-state index contributed by atoms with van der Waals surface area (Å²) in [7, 11) is 0. The largest absolute Gasteiger partial charge is 0.481 e. The van der Waals surface area contributed by atoms with Gasteiger partial charge >= 0.3 is 12.1 Å². The van der Waals surface area contributed by atoms with Crippen LogP contribution in [0, 0.1) is 11.3 Å². The van der Waals surface area contributed by atoms with Gasteiger partial charge in [-0.2, -0.15) is 0 Å². The lowest BCUT2D eigenvalue weighted by Crippen LogP contribution is -2.42. The fraction of sp³-hybridized carbons (Fsp3) is 0.500. The normalized spacial score (nSPS) is 13.5. The first-order chi connectivity index (χ1) is 9.83. The molecule has 5 nitrogen and oxygen atoms in total. The lowest BCUT2D eigenvalue weighted by atomic mass is 9.82. The summed E-state index contributed by atoms with van der Waals surface area (Å²) in [5.74, 6) is -0.687. The van der Waals surface area contributed by atoms with Gasteiger partial charge in [0.05, 0.1) is 5.41 Å². The number of carbonyl (C=O) groups excluding carboxylic acids is 1. The Morgan fingerprint density at radius 1 is 1.29 bits per heavy atom. The van der Waals surface area contributed by atoms with Gasteiger partial charge in [0.15, 0.2) is 0 Å². The minimum Gasteiger partial charge on any atom is -0.481 e. The summed E-state index contributed by atoms with van der Waals surface area (Å²) in [5.41, 5.74) is -0.101. The highest BCUT2D eigenvalue weighted by atomic mass is 16.5. The maximum absolute atomic E-state index is 11.6. The molecule has 0 saturated heterocycles. The van der Waals surface area contributed by atoms with Crippen LogP contribution in [0.4, 0.5) is 4.79 Å². The maximum atomic E-state index is 11.6. The van der Waals surface area contributed by atoms with Crippen LogP contribution in [0.15, 0.2) is 30.3 Å². The van der Waals surface area contributed by atoms with Gasteiger partial charge in [-0.15, -0.1) is 0 Å². The first kappa shape index (κ1) is 17.0. The van der Waals surface area contributed by atoms with E-state index in [-0.39, 0.29) is 19.1 Å². The zero-order valence-electron chi connectivity index (χ0n) is 12.8. The van der Waals surface area contributed by atoms with Gasteiger partial charge in [-0.3, -0.25) is 4.79 Å². The number of carbonyl (C=O) groups is 2. The van der Waals surface area contributed by atoms with E-state index < -0.39 is 17.5 Å². The number of benzene rings is 1. The minimum absolute atomic E-state index is 0.0497. The van der Waals surface area contributed by atoms with Crippen LogP contribution in [0.25, 0.3) is 0 Å². The van der Waals surface area contributed by atoms with E-state index >= 15 is 0 Å². The summed E-state index contributed by atoms with van der Waals surface area (Å²) in [6, 6.07) is 9.32. The number of carboxylic acid groups (broad SMARTS) is 1. The van der Waals surface area contributed by atoms with Gasteiger partial charge in [0.25, 0.3) is 0 Å². The van der Waals surface area contributed by atoms with Crippen LogP contribution in [-0.2, 0) is 16.1 Å². The monoisotopic (exact) mass is 293 g/mol. The van der Waals surface area contributed by atoms with E-state index in [9.17, 15) is 14.7 Å². The number of aliphatic carboxylic acids is 1. The van der Waals surface area contributed by atoms with Gasteiger partial charge in [-0.25, -0.2) is 4.79 Å². The molecule has 0 aliphatic carbocycles.